The Balaban J connectivity index is 1.79. The van der Waals surface area contributed by atoms with Crippen molar-refractivity contribution in [3.05, 3.63) is 88.3 Å². The standard InChI is InChI=1S/C34H40N6O7/c1-20-10-12-23(13-11-20)18-36-31(43)28(37-33(45)29(22(3)41)38-32(44)27-14-21(2)47-40-27)19-46-26-9-7-8-24(16-26)15-25(17-35)30(42)39-34(4,5)6/h7-16,22,28-29,41H,18-19H2,1-6H3,(H,36,43)(H,37,45)(H,38,44)(H,39,42)/t22-,28+,29+/m1/s1. The summed E-state index contributed by atoms with van der Waals surface area (Å²) in [5.41, 5.74) is 1.65. The maximum atomic E-state index is 13.4. The van der Waals surface area contributed by atoms with Crippen LogP contribution in [0.1, 0.15) is 60.6 Å². The highest BCUT2D eigenvalue weighted by molar-refractivity contribution is 6.02. The number of hydrogen-bond acceptors (Lipinski definition) is 9. The fourth-order valence-corrected chi connectivity index (χ4v) is 4.15. The lowest BCUT2D eigenvalue weighted by molar-refractivity contribution is -0.132. The summed E-state index contributed by atoms with van der Waals surface area (Å²) in [6.45, 7) is 10.1. The molecule has 0 spiro atoms. The third kappa shape index (κ3) is 11.4. The van der Waals surface area contributed by atoms with Crippen molar-refractivity contribution in [1.82, 2.24) is 26.4 Å². The first-order valence-electron chi connectivity index (χ1n) is 14.9. The summed E-state index contributed by atoms with van der Waals surface area (Å²) in [6.07, 6.45) is 0.0747. The lowest BCUT2D eigenvalue weighted by atomic mass is 10.1. The lowest BCUT2D eigenvalue weighted by Gasteiger charge is -2.24. The molecule has 0 aliphatic rings. The topological polar surface area (TPSA) is 196 Å². The first-order valence-corrected chi connectivity index (χ1v) is 14.9. The average molecular weight is 645 g/mol. The number of rotatable bonds is 13. The van der Waals surface area contributed by atoms with Crippen molar-refractivity contribution >= 4 is 29.7 Å². The number of aromatic nitrogens is 1. The summed E-state index contributed by atoms with van der Waals surface area (Å²) in [6, 6.07) is 14.6. The number of aliphatic hydroxyl groups is 1. The zero-order chi connectivity index (χ0) is 34.7. The molecule has 13 heteroatoms. The Hall–Kier alpha value is -5.48. The molecule has 0 unspecified atom stereocenters. The van der Waals surface area contributed by atoms with Crippen LogP contribution in [0.3, 0.4) is 0 Å². The van der Waals surface area contributed by atoms with Crippen LogP contribution in [-0.2, 0) is 20.9 Å². The van der Waals surface area contributed by atoms with Crippen LogP contribution in [-0.4, -0.2) is 64.2 Å². The SMILES string of the molecule is Cc1ccc(CNC(=O)[C@H](COc2cccc(C=C(C#N)C(=O)NC(C)(C)C)c2)NC(=O)[C@@H](NC(=O)c2cc(C)on2)[C@@H](C)O)cc1. The molecule has 0 aliphatic carbocycles. The molecule has 3 atom stereocenters. The molecule has 0 fully saturated rings. The molecule has 0 radical (unpaired) electrons. The molecule has 47 heavy (non-hydrogen) atoms. The smallest absolute Gasteiger partial charge is 0.274 e. The van der Waals surface area contributed by atoms with E-state index in [2.05, 4.69) is 26.4 Å². The largest absolute Gasteiger partial charge is 0.491 e. The van der Waals surface area contributed by atoms with E-state index in [1.807, 2.05) is 37.3 Å². The van der Waals surface area contributed by atoms with Gasteiger partial charge in [-0.05, 0) is 70.9 Å². The lowest BCUT2D eigenvalue weighted by Crippen LogP contribution is -2.58. The number of carbonyl (C=O) groups excluding carboxylic acids is 4. The minimum atomic E-state index is -1.44. The number of carbonyl (C=O) groups is 4. The molecule has 1 aromatic heterocycles. The summed E-state index contributed by atoms with van der Waals surface area (Å²) < 4.78 is 10.8. The van der Waals surface area contributed by atoms with Crippen LogP contribution in [0.15, 0.2) is 64.7 Å². The van der Waals surface area contributed by atoms with Gasteiger partial charge in [-0.3, -0.25) is 19.2 Å². The Morgan fingerprint density at radius 1 is 1.04 bits per heavy atom. The summed E-state index contributed by atoms with van der Waals surface area (Å²) in [5, 5.41) is 34.0. The Morgan fingerprint density at radius 2 is 1.74 bits per heavy atom. The maximum Gasteiger partial charge on any atom is 0.274 e. The second-order valence-electron chi connectivity index (χ2n) is 12.0. The highest BCUT2D eigenvalue weighted by atomic mass is 16.5. The van der Waals surface area contributed by atoms with Gasteiger partial charge in [0.05, 0.1) is 6.10 Å². The van der Waals surface area contributed by atoms with Gasteiger partial charge in [0.25, 0.3) is 11.8 Å². The number of nitrogens with zero attached hydrogens (tertiary/aromatic N) is 2. The van der Waals surface area contributed by atoms with Gasteiger partial charge in [-0.25, -0.2) is 0 Å². The molecule has 0 saturated carbocycles. The molecule has 4 amide bonds. The highest BCUT2D eigenvalue weighted by Gasteiger charge is 2.31. The van der Waals surface area contributed by atoms with Crippen LogP contribution in [0, 0.1) is 25.2 Å². The first kappa shape index (κ1) is 36.0. The first-order chi connectivity index (χ1) is 22.1. The van der Waals surface area contributed by atoms with Crippen LogP contribution in [0.2, 0.25) is 0 Å². The van der Waals surface area contributed by atoms with Gasteiger partial charge in [0.15, 0.2) is 5.69 Å². The van der Waals surface area contributed by atoms with E-state index >= 15 is 0 Å². The molecule has 0 bridgehead atoms. The van der Waals surface area contributed by atoms with E-state index in [1.54, 1.807) is 52.0 Å². The van der Waals surface area contributed by atoms with E-state index in [0.29, 0.717) is 17.1 Å². The Labute approximate surface area is 273 Å². The van der Waals surface area contributed by atoms with Crippen molar-refractivity contribution in [3.63, 3.8) is 0 Å². The third-order valence-corrected chi connectivity index (χ3v) is 6.57. The predicted molar refractivity (Wildman–Crippen MR) is 173 cm³/mol. The van der Waals surface area contributed by atoms with E-state index in [9.17, 15) is 29.5 Å². The van der Waals surface area contributed by atoms with Crippen molar-refractivity contribution < 1.29 is 33.5 Å². The van der Waals surface area contributed by atoms with Crippen LogP contribution in [0.25, 0.3) is 6.08 Å². The highest BCUT2D eigenvalue weighted by Crippen LogP contribution is 2.17. The second kappa shape index (κ2) is 16.2. The van der Waals surface area contributed by atoms with Crippen LogP contribution in [0.5, 0.6) is 5.75 Å². The van der Waals surface area contributed by atoms with Gasteiger partial charge in [0.1, 0.15) is 41.8 Å². The van der Waals surface area contributed by atoms with Crippen LogP contribution >= 0.6 is 0 Å². The number of nitrogens with one attached hydrogen (secondary N) is 4. The van der Waals surface area contributed by atoms with Crippen molar-refractivity contribution in [2.24, 2.45) is 0 Å². The Bertz CT molecular complexity index is 1650. The molecule has 2 aromatic carbocycles. The fraction of sp³-hybridized carbons (Fsp3) is 0.353. The molecular weight excluding hydrogens is 604 g/mol. The number of aryl methyl sites for hydroxylation is 2. The fourth-order valence-electron chi connectivity index (χ4n) is 4.15. The third-order valence-electron chi connectivity index (χ3n) is 6.57. The molecule has 3 rings (SSSR count). The van der Waals surface area contributed by atoms with Gasteiger partial charge >= 0.3 is 0 Å². The number of aliphatic hydroxyl groups excluding tert-OH is 1. The minimum Gasteiger partial charge on any atom is -0.491 e. The van der Waals surface area contributed by atoms with Crippen LogP contribution < -0.4 is 26.0 Å². The van der Waals surface area contributed by atoms with E-state index < -0.39 is 47.4 Å². The van der Waals surface area contributed by atoms with Gasteiger partial charge in [-0.2, -0.15) is 5.26 Å². The summed E-state index contributed by atoms with van der Waals surface area (Å²) in [5.74, 6) is -2.03. The van der Waals surface area contributed by atoms with Gasteiger partial charge in [0.2, 0.25) is 11.8 Å². The van der Waals surface area contributed by atoms with Gasteiger partial charge < -0.3 is 35.6 Å². The van der Waals surface area contributed by atoms with Crippen molar-refractivity contribution in [3.8, 4) is 11.8 Å². The number of benzene rings is 2. The Morgan fingerprint density at radius 3 is 2.34 bits per heavy atom. The summed E-state index contributed by atoms with van der Waals surface area (Å²) >= 11 is 0. The molecular formula is C34H40N6O7. The molecule has 5 N–H and O–H groups in total. The normalized spacial score (nSPS) is 13.4. The molecule has 0 aliphatic heterocycles. The van der Waals surface area contributed by atoms with Crippen molar-refractivity contribution in [2.75, 3.05) is 6.61 Å². The molecule has 248 valence electrons. The van der Waals surface area contributed by atoms with E-state index in [1.165, 1.54) is 19.1 Å². The number of nitriles is 1. The molecule has 0 saturated heterocycles. The molecule has 3 aromatic rings. The molecule has 13 nitrogen and oxygen atoms in total. The second-order valence-corrected chi connectivity index (χ2v) is 12.0. The van der Waals surface area contributed by atoms with Gasteiger partial charge in [-0.15, -0.1) is 0 Å². The average Bonchev–Trinajstić information content (AvgIpc) is 3.45. The number of amides is 4. The van der Waals surface area contributed by atoms with Gasteiger partial charge in [0, 0.05) is 18.2 Å². The zero-order valence-electron chi connectivity index (χ0n) is 27.2. The van der Waals surface area contributed by atoms with Crippen molar-refractivity contribution in [2.45, 2.75) is 71.8 Å². The van der Waals surface area contributed by atoms with E-state index in [0.717, 1.165) is 11.1 Å². The minimum absolute atomic E-state index is 0.0824. The zero-order valence-corrected chi connectivity index (χ0v) is 27.2. The predicted octanol–water partition coefficient (Wildman–Crippen LogP) is 2.47. The number of hydrogen-bond donors (Lipinski definition) is 5. The van der Waals surface area contributed by atoms with E-state index in [-0.39, 0.29) is 24.4 Å². The van der Waals surface area contributed by atoms with Gasteiger partial charge in [-0.1, -0.05) is 47.1 Å². The summed E-state index contributed by atoms with van der Waals surface area (Å²) in [7, 11) is 0. The Kier molecular flexibility index (Phi) is 12.4. The molecule has 1 heterocycles. The maximum absolute atomic E-state index is 13.4. The summed E-state index contributed by atoms with van der Waals surface area (Å²) in [4.78, 5) is 51.9. The number of ether oxygens (including phenoxy) is 1. The van der Waals surface area contributed by atoms with Crippen molar-refractivity contribution in [1.29, 1.82) is 5.26 Å². The van der Waals surface area contributed by atoms with E-state index in [4.69, 9.17) is 9.26 Å². The van der Waals surface area contributed by atoms with Crippen LogP contribution in [0.4, 0.5) is 0 Å². The monoisotopic (exact) mass is 644 g/mol. The quantitative estimate of drug-likeness (QED) is 0.137.